The fraction of sp³-hybridized carbons (Fsp3) is 0.150. The van der Waals surface area contributed by atoms with Crippen LogP contribution in [0.15, 0.2) is 53.3 Å². The van der Waals surface area contributed by atoms with Crippen molar-refractivity contribution >= 4 is 17.0 Å². The SMILES string of the molecule is COc1ccc(-c2cc(COC(=O)c3ccc4nc[nH]c4c3)no2)cc1OC. The van der Waals surface area contributed by atoms with Crippen LogP contribution in [0.5, 0.6) is 11.5 Å². The van der Waals surface area contributed by atoms with Crippen molar-refractivity contribution in [3.63, 3.8) is 0 Å². The Hall–Kier alpha value is -3.81. The van der Waals surface area contributed by atoms with Gasteiger partial charge in [-0.25, -0.2) is 9.78 Å². The molecule has 28 heavy (non-hydrogen) atoms. The quantitative estimate of drug-likeness (QED) is 0.511. The second-order valence-corrected chi connectivity index (χ2v) is 5.96. The number of H-pyrrole nitrogens is 1. The second-order valence-electron chi connectivity index (χ2n) is 5.96. The number of fused-ring (bicyclic) bond motifs is 1. The standard InChI is InChI=1S/C20H17N3O5/c1-25-17-6-4-12(8-19(17)26-2)18-9-14(23-28-18)10-27-20(24)13-3-5-15-16(7-13)22-11-21-15/h3-9,11H,10H2,1-2H3,(H,21,22). The minimum absolute atomic E-state index is 0.00334. The number of nitrogens with zero attached hydrogens (tertiary/aromatic N) is 2. The van der Waals surface area contributed by atoms with Gasteiger partial charge in [0, 0.05) is 11.6 Å². The Morgan fingerprint density at radius 3 is 2.75 bits per heavy atom. The first-order chi connectivity index (χ1) is 13.7. The second kappa shape index (κ2) is 7.43. The van der Waals surface area contributed by atoms with Crippen LogP contribution in [0.25, 0.3) is 22.4 Å². The molecule has 2 heterocycles. The average molecular weight is 379 g/mol. The molecule has 0 atom stereocenters. The highest BCUT2D eigenvalue weighted by Crippen LogP contribution is 2.32. The third kappa shape index (κ3) is 3.39. The number of hydrogen-bond acceptors (Lipinski definition) is 7. The molecule has 1 N–H and O–H groups in total. The van der Waals surface area contributed by atoms with Crippen LogP contribution in [0.4, 0.5) is 0 Å². The molecule has 8 nitrogen and oxygen atoms in total. The van der Waals surface area contributed by atoms with Crippen molar-refractivity contribution < 1.29 is 23.5 Å². The fourth-order valence-electron chi connectivity index (χ4n) is 2.79. The maximum atomic E-state index is 12.3. The molecule has 2 aromatic carbocycles. The number of aromatic amines is 1. The van der Waals surface area contributed by atoms with E-state index >= 15 is 0 Å². The molecule has 0 aliphatic rings. The number of benzene rings is 2. The lowest BCUT2D eigenvalue weighted by molar-refractivity contribution is 0.0464. The number of hydrogen-bond donors (Lipinski definition) is 1. The molecular formula is C20H17N3O5. The predicted octanol–water partition coefficient (Wildman–Crippen LogP) is 3.59. The van der Waals surface area contributed by atoms with E-state index in [-0.39, 0.29) is 6.61 Å². The third-order valence-electron chi connectivity index (χ3n) is 4.23. The molecule has 0 spiro atoms. The average Bonchev–Trinajstić information content (AvgIpc) is 3.40. The molecule has 0 fully saturated rings. The summed E-state index contributed by atoms with van der Waals surface area (Å²) in [5, 5.41) is 3.96. The number of aromatic nitrogens is 3. The van der Waals surface area contributed by atoms with Gasteiger partial charge in [0.15, 0.2) is 17.3 Å². The number of esters is 1. The van der Waals surface area contributed by atoms with Crippen molar-refractivity contribution in [1.29, 1.82) is 0 Å². The molecule has 0 aliphatic carbocycles. The topological polar surface area (TPSA) is 99.5 Å². The normalized spacial score (nSPS) is 10.8. The summed E-state index contributed by atoms with van der Waals surface area (Å²) in [6.45, 7) is -0.00334. The van der Waals surface area contributed by atoms with E-state index in [9.17, 15) is 4.79 Å². The monoisotopic (exact) mass is 379 g/mol. The van der Waals surface area contributed by atoms with Gasteiger partial charge >= 0.3 is 5.97 Å². The molecule has 0 saturated heterocycles. The van der Waals surface area contributed by atoms with Crippen LogP contribution in [-0.4, -0.2) is 35.3 Å². The zero-order valence-corrected chi connectivity index (χ0v) is 15.3. The summed E-state index contributed by atoms with van der Waals surface area (Å²) in [6, 6.07) is 12.2. The van der Waals surface area contributed by atoms with E-state index in [2.05, 4.69) is 15.1 Å². The Labute approximate surface area is 160 Å². The first-order valence-electron chi connectivity index (χ1n) is 8.46. The maximum Gasteiger partial charge on any atom is 0.338 e. The van der Waals surface area contributed by atoms with Crippen molar-refractivity contribution in [1.82, 2.24) is 15.1 Å². The van der Waals surface area contributed by atoms with Gasteiger partial charge in [-0.2, -0.15) is 0 Å². The lowest BCUT2D eigenvalue weighted by Crippen LogP contribution is -2.05. The lowest BCUT2D eigenvalue weighted by Gasteiger charge is -2.07. The van der Waals surface area contributed by atoms with E-state index in [1.54, 1.807) is 56.9 Å². The summed E-state index contributed by atoms with van der Waals surface area (Å²) in [4.78, 5) is 19.4. The highest BCUT2D eigenvalue weighted by atomic mass is 16.5. The van der Waals surface area contributed by atoms with E-state index in [1.807, 2.05) is 6.07 Å². The maximum absolute atomic E-state index is 12.3. The smallest absolute Gasteiger partial charge is 0.338 e. The molecule has 0 unspecified atom stereocenters. The predicted molar refractivity (Wildman–Crippen MR) is 100 cm³/mol. The fourth-order valence-corrected chi connectivity index (χ4v) is 2.79. The van der Waals surface area contributed by atoms with Crippen LogP contribution < -0.4 is 9.47 Å². The summed E-state index contributed by atoms with van der Waals surface area (Å²) < 4.78 is 21.2. The van der Waals surface area contributed by atoms with Gasteiger partial charge in [0.2, 0.25) is 0 Å². The van der Waals surface area contributed by atoms with Crippen molar-refractivity contribution in [2.75, 3.05) is 14.2 Å². The lowest BCUT2D eigenvalue weighted by atomic mass is 10.1. The van der Waals surface area contributed by atoms with Gasteiger partial charge in [-0.05, 0) is 36.4 Å². The number of rotatable bonds is 6. The molecule has 4 aromatic rings. The first kappa shape index (κ1) is 17.6. The zero-order valence-electron chi connectivity index (χ0n) is 15.3. The van der Waals surface area contributed by atoms with E-state index in [0.717, 1.165) is 16.6 Å². The largest absolute Gasteiger partial charge is 0.493 e. The summed E-state index contributed by atoms with van der Waals surface area (Å²) >= 11 is 0. The Bertz CT molecular complexity index is 1130. The number of imidazole rings is 1. The molecule has 0 bridgehead atoms. The first-order valence-corrected chi connectivity index (χ1v) is 8.46. The van der Waals surface area contributed by atoms with Crippen LogP contribution in [0.3, 0.4) is 0 Å². The highest BCUT2D eigenvalue weighted by Gasteiger charge is 2.14. The minimum Gasteiger partial charge on any atom is -0.493 e. The van der Waals surface area contributed by atoms with Crippen LogP contribution in [0, 0.1) is 0 Å². The molecule has 0 aliphatic heterocycles. The molecule has 2 aromatic heterocycles. The molecule has 142 valence electrons. The Balaban J connectivity index is 1.45. The number of carbonyl (C=O) groups is 1. The number of methoxy groups -OCH3 is 2. The van der Waals surface area contributed by atoms with Crippen LogP contribution >= 0.6 is 0 Å². The van der Waals surface area contributed by atoms with Crippen molar-refractivity contribution in [2.24, 2.45) is 0 Å². The summed E-state index contributed by atoms with van der Waals surface area (Å²) in [7, 11) is 3.13. The Kier molecular flexibility index (Phi) is 4.67. The van der Waals surface area contributed by atoms with Crippen LogP contribution in [-0.2, 0) is 11.3 Å². The molecule has 0 saturated carbocycles. The number of carbonyl (C=O) groups excluding carboxylic acids is 1. The molecule has 4 rings (SSSR count). The van der Waals surface area contributed by atoms with E-state index in [0.29, 0.717) is 28.5 Å². The van der Waals surface area contributed by atoms with E-state index in [1.165, 1.54) is 0 Å². The molecule has 8 heteroatoms. The van der Waals surface area contributed by atoms with Crippen molar-refractivity contribution in [3.05, 3.63) is 60.0 Å². The van der Waals surface area contributed by atoms with Gasteiger partial charge in [0.25, 0.3) is 0 Å². The van der Waals surface area contributed by atoms with Gasteiger partial charge in [-0.1, -0.05) is 5.16 Å². The van der Waals surface area contributed by atoms with Gasteiger partial charge in [-0.3, -0.25) is 0 Å². The third-order valence-corrected chi connectivity index (χ3v) is 4.23. The molecule has 0 radical (unpaired) electrons. The van der Waals surface area contributed by atoms with Gasteiger partial charge < -0.3 is 23.7 Å². The Morgan fingerprint density at radius 1 is 1.07 bits per heavy atom. The van der Waals surface area contributed by atoms with Crippen LogP contribution in [0.1, 0.15) is 16.1 Å². The van der Waals surface area contributed by atoms with Crippen molar-refractivity contribution in [3.8, 4) is 22.8 Å². The minimum atomic E-state index is -0.452. The molecule has 0 amide bonds. The highest BCUT2D eigenvalue weighted by molar-refractivity contribution is 5.93. The summed E-state index contributed by atoms with van der Waals surface area (Å²) in [5.74, 6) is 1.28. The summed E-state index contributed by atoms with van der Waals surface area (Å²) in [5.41, 5.74) is 3.26. The Morgan fingerprint density at radius 2 is 1.93 bits per heavy atom. The van der Waals surface area contributed by atoms with E-state index < -0.39 is 5.97 Å². The van der Waals surface area contributed by atoms with Crippen molar-refractivity contribution in [2.45, 2.75) is 6.61 Å². The molecular weight excluding hydrogens is 362 g/mol. The zero-order chi connectivity index (χ0) is 19.5. The number of nitrogens with one attached hydrogen (secondary N) is 1. The number of ether oxygens (including phenoxy) is 3. The van der Waals surface area contributed by atoms with E-state index in [4.69, 9.17) is 18.7 Å². The van der Waals surface area contributed by atoms with Gasteiger partial charge in [0.1, 0.15) is 12.3 Å². The van der Waals surface area contributed by atoms with Gasteiger partial charge in [-0.15, -0.1) is 0 Å². The van der Waals surface area contributed by atoms with Gasteiger partial charge in [0.05, 0.1) is 37.1 Å². The van der Waals surface area contributed by atoms with Crippen LogP contribution in [0.2, 0.25) is 0 Å². The summed E-state index contributed by atoms with van der Waals surface area (Å²) in [6.07, 6.45) is 1.57.